The minimum absolute atomic E-state index is 0.341. The summed E-state index contributed by atoms with van der Waals surface area (Å²) >= 11 is 5.27. The summed E-state index contributed by atoms with van der Waals surface area (Å²) in [6.45, 7) is 2.87. The number of thiophene rings is 1. The van der Waals surface area contributed by atoms with E-state index in [2.05, 4.69) is 58.3 Å². The van der Waals surface area contributed by atoms with Gasteiger partial charge in [0, 0.05) is 21.3 Å². The van der Waals surface area contributed by atoms with E-state index in [1.807, 2.05) is 0 Å². The zero-order valence-electron chi connectivity index (χ0n) is 10.8. The molecule has 1 unspecified atom stereocenters. The van der Waals surface area contributed by atoms with Gasteiger partial charge in [-0.05, 0) is 62.6 Å². The number of halogens is 1. The molecule has 0 aliphatic carbocycles. The third-order valence-electron chi connectivity index (χ3n) is 2.79. The summed E-state index contributed by atoms with van der Waals surface area (Å²) in [6, 6.07) is 2.51. The third-order valence-corrected chi connectivity index (χ3v) is 4.58. The van der Waals surface area contributed by atoms with Crippen LogP contribution in [0.2, 0.25) is 0 Å². The number of rotatable bonds is 7. The molecule has 1 heterocycles. The molecular formula is C12H22BrN3S. The molecule has 0 radical (unpaired) electrons. The first-order chi connectivity index (χ1) is 8.04. The largest absolute Gasteiger partial charge is 0.329 e. The lowest BCUT2D eigenvalue weighted by Crippen LogP contribution is -2.32. The molecule has 0 spiro atoms. The molecule has 1 rings (SSSR count). The van der Waals surface area contributed by atoms with E-state index in [4.69, 9.17) is 5.73 Å². The van der Waals surface area contributed by atoms with E-state index in [0.29, 0.717) is 12.6 Å². The minimum atomic E-state index is 0.341. The number of nitrogens with two attached hydrogens (primary N) is 1. The maximum atomic E-state index is 5.89. The predicted molar refractivity (Wildman–Crippen MR) is 79.6 cm³/mol. The van der Waals surface area contributed by atoms with Crippen LogP contribution in [0.3, 0.4) is 0 Å². The summed E-state index contributed by atoms with van der Waals surface area (Å²) in [7, 11) is 6.37. The van der Waals surface area contributed by atoms with Crippen molar-refractivity contribution in [3.05, 3.63) is 20.8 Å². The molecular weight excluding hydrogens is 298 g/mol. The summed E-state index contributed by atoms with van der Waals surface area (Å²) in [4.78, 5) is 5.90. The monoisotopic (exact) mass is 319 g/mol. The van der Waals surface area contributed by atoms with Crippen molar-refractivity contribution in [2.45, 2.75) is 12.5 Å². The second-order valence-electron chi connectivity index (χ2n) is 4.56. The van der Waals surface area contributed by atoms with Crippen LogP contribution in [0.15, 0.2) is 15.9 Å². The quantitative estimate of drug-likeness (QED) is 0.837. The SMILES string of the molecule is CN(C)CCCN(C)C(CN)c1cc(Br)cs1. The summed E-state index contributed by atoms with van der Waals surface area (Å²) in [5.74, 6) is 0. The summed E-state index contributed by atoms with van der Waals surface area (Å²) in [5, 5.41) is 2.12. The Balaban J connectivity index is 2.49. The van der Waals surface area contributed by atoms with E-state index in [1.54, 1.807) is 11.3 Å². The minimum Gasteiger partial charge on any atom is -0.329 e. The Kier molecular flexibility index (Phi) is 6.66. The second kappa shape index (κ2) is 7.48. The lowest BCUT2D eigenvalue weighted by Gasteiger charge is -2.26. The molecule has 0 saturated carbocycles. The smallest absolute Gasteiger partial charge is 0.0562 e. The molecule has 1 atom stereocenters. The van der Waals surface area contributed by atoms with Crippen LogP contribution in [0, 0.1) is 0 Å². The van der Waals surface area contributed by atoms with Crippen molar-refractivity contribution in [3.8, 4) is 0 Å². The van der Waals surface area contributed by atoms with Crippen LogP contribution in [0.5, 0.6) is 0 Å². The van der Waals surface area contributed by atoms with Gasteiger partial charge in [0.05, 0.1) is 6.04 Å². The Morgan fingerprint density at radius 3 is 2.53 bits per heavy atom. The molecule has 3 nitrogen and oxygen atoms in total. The number of hydrogen-bond donors (Lipinski definition) is 1. The van der Waals surface area contributed by atoms with Gasteiger partial charge >= 0.3 is 0 Å². The average molecular weight is 320 g/mol. The molecule has 1 aromatic rings. The van der Waals surface area contributed by atoms with Gasteiger partial charge in [0.1, 0.15) is 0 Å². The van der Waals surface area contributed by atoms with Crippen molar-refractivity contribution in [2.24, 2.45) is 5.73 Å². The third kappa shape index (κ3) is 5.06. The molecule has 0 aliphatic heterocycles. The average Bonchev–Trinajstić information content (AvgIpc) is 2.65. The van der Waals surface area contributed by atoms with Crippen LogP contribution in [0.4, 0.5) is 0 Å². The van der Waals surface area contributed by atoms with Crippen LogP contribution in [0.1, 0.15) is 17.3 Å². The van der Waals surface area contributed by atoms with Gasteiger partial charge in [0.25, 0.3) is 0 Å². The maximum Gasteiger partial charge on any atom is 0.0562 e. The highest BCUT2D eigenvalue weighted by atomic mass is 79.9. The Morgan fingerprint density at radius 2 is 2.06 bits per heavy atom. The van der Waals surface area contributed by atoms with Gasteiger partial charge in [0.15, 0.2) is 0 Å². The first kappa shape index (κ1) is 15.1. The lowest BCUT2D eigenvalue weighted by atomic mass is 10.2. The number of likely N-dealkylation sites (N-methyl/N-ethyl adjacent to an activating group) is 1. The summed E-state index contributed by atoms with van der Waals surface area (Å²) < 4.78 is 1.15. The number of nitrogens with zero attached hydrogens (tertiary/aromatic N) is 2. The first-order valence-corrected chi connectivity index (χ1v) is 7.50. The fourth-order valence-electron chi connectivity index (χ4n) is 1.81. The van der Waals surface area contributed by atoms with Crippen molar-refractivity contribution in [3.63, 3.8) is 0 Å². The molecule has 17 heavy (non-hydrogen) atoms. The molecule has 0 aromatic carbocycles. The molecule has 2 N–H and O–H groups in total. The van der Waals surface area contributed by atoms with Crippen LogP contribution >= 0.6 is 27.3 Å². The van der Waals surface area contributed by atoms with Crippen molar-refractivity contribution >= 4 is 27.3 Å². The van der Waals surface area contributed by atoms with Crippen molar-refractivity contribution in [1.29, 1.82) is 0 Å². The first-order valence-electron chi connectivity index (χ1n) is 5.83. The van der Waals surface area contributed by atoms with Gasteiger partial charge in [0.2, 0.25) is 0 Å². The standard InChI is InChI=1S/C12H22BrN3S/c1-15(2)5-4-6-16(3)11(8-14)12-7-10(13)9-17-12/h7,9,11H,4-6,8,14H2,1-3H3. The molecule has 98 valence electrons. The topological polar surface area (TPSA) is 32.5 Å². The zero-order valence-corrected chi connectivity index (χ0v) is 13.2. The van der Waals surface area contributed by atoms with E-state index >= 15 is 0 Å². The van der Waals surface area contributed by atoms with Crippen molar-refractivity contribution in [1.82, 2.24) is 9.80 Å². The normalized spacial score (nSPS) is 13.6. The second-order valence-corrected chi connectivity index (χ2v) is 6.41. The van der Waals surface area contributed by atoms with E-state index in [9.17, 15) is 0 Å². The Labute approximate surface area is 117 Å². The Hall–Kier alpha value is 0.0600. The highest BCUT2D eigenvalue weighted by Crippen LogP contribution is 2.28. The van der Waals surface area contributed by atoms with Crippen molar-refractivity contribution < 1.29 is 0 Å². The predicted octanol–water partition coefficient (Wildman–Crippen LogP) is 2.39. The Morgan fingerprint density at radius 1 is 1.35 bits per heavy atom. The molecule has 0 fully saturated rings. The summed E-state index contributed by atoms with van der Waals surface area (Å²) in [6.07, 6.45) is 1.17. The van der Waals surface area contributed by atoms with E-state index < -0.39 is 0 Å². The Bertz CT molecular complexity index is 327. The van der Waals surface area contributed by atoms with E-state index in [0.717, 1.165) is 17.6 Å². The van der Waals surface area contributed by atoms with Gasteiger partial charge in [-0.25, -0.2) is 0 Å². The van der Waals surface area contributed by atoms with Crippen LogP contribution < -0.4 is 5.73 Å². The van der Waals surface area contributed by atoms with Gasteiger partial charge in [-0.3, -0.25) is 4.90 Å². The highest BCUT2D eigenvalue weighted by molar-refractivity contribution is 9.10. The molecule has 5 heteroatoms. The van der Waals surface area contributed by atoms with Crippen LogP contribution in [-0.2, 0) is 0 Å². The molecule has 0 amide bonds. The summed E-state index contributed by atoms with van der Waals surface area (Å²) in [5.41, 5.74) is 5.89. The zero-order chi connectivity index (χ0) is 12.8. The van der Waals surface area contributed by atoms with Crippen LogP contribution in [0.25, 0.3) is 0 Å². The molecule has 1 aromatic heterocycles. The van der Waals surface area contributed by atoms with Gasteiger partial charge < -0.3 is 10.6 Å². The lowest BCUT2D eigenvalue weighted by molar-refractivity contribution is 0.238. The molecule has 0 saturated heterocycles. The van der Waals surface area contributed by atoms with Crippen molar-refractivity contribution in [2.75, 3.05) is 40.8 Å². The molecule has 0 bridgehead atoms. The highest BCUT2D eigenvalue weighted by Gasteiger charge is 2.16. The van der Waals surface area contributed by atoms with E-state index in [-0.39, 0.29) is 0 Å². The van der Waals surface area contributed by atoms with Gasteiger partial charge in [-0.1, -0.05) is 0 Å². The molecule has 0 aliphatic rings. The van der Waals surface area contributed by atoms with Gasteiger partial charge in [-0.15, -0.1) is 11.3 Å². The van der Waals surface area contributed by atoms with Crippen LogP contribution in [-0.4, -0.2) is 50.6 Å². The fourth-order valence-corrected chi connectivity index (χ4v) is 3.43. The maximum absolute atomic E-state index is 5.89. The number of hydrogen-bond acceptors (Lipinski definition) is 4. The fraction of sp³-hybridized carbons (Fsp3) is 0.667. The van der Waals surface area contributed by atoms with E-state index in [1.165, 1.54) is 11.3 Å². The van der Waals surface area contributed by atoms with Gasteiger partial charge in [-0.2, -0.15) is 0 Å².